The van der Waals surface area contributed by atoms with Crippen LogP contribution in [0.1, 0.15) is 11.5 Å². The molecule has 0 saturated carbocycles. The van der Waals surface area contributed by atoms with Crippen LogP contribution in [0.25, 0.3) is 0 Å². The van der Waals surface area contributed by atoms with Crippen molar-refractivity contribution in [2.75, 3.05) is 25.2 Å². The molecule has 0 aliphatic carbocycles. The third kappa shape index (κ3) is 2.97. The van der Waals surface area contributed by atoms with Crippen molar-refractivity contribution in [1.82, 2.24) is 0 Å². The average molecular weight is 267 g/mol. The lowest BCUT2D eigenvalue weighted by Gasteiger charge is -2.11. The summed E-state index contributed by atoms with van der Waals surface area (Å²) < 4.78 is 10.2. The number of carbonyl (C=O) groups excluding carboxylic acids is 1. The third-order valence-corrected chi connectivity index (χ3v) is 4.15. The van der Waals surface area contributed by atoms with E-state index in [9.17, 15) is 4.79 Å². The molecule has 0 aromatic heterocycles. The number of nitrogens with two attached hydrogens (primary N) is 1. The van der Waals surface area contributed by atoms with Crippen molar-refractivity contribution in [2.24, 2.45) is 5.73 Å². The van der Waals surface area contributed by atoms with Crippen LogP contribution in [0.3, 0.4) is 0 Å². The Balaban J connectivity index is 1.81. The first kappa shape index (κ1) is 13.2. The molecule has 2 rings (SSSR count). The van der Waals surface area contributed by atoms with Crippen LogP contribution in [-0.4, -0.2) is 37.2 Å². The zero-order chi connectivity index (χ0) is 13.0. The first-order valence-electron chi connectivity index (χ1n) is 5.85. The number of fused-ring (bicyclic) bond motifs is 1. The molecule has 0 spiro atoms. The highest BCUT2D eigenvalue weighted by molar-refractivity contribution is 7.99. The molecule has 2 N–H and O–H groups in total. The highest BCUT2D eigenvalue weighted by Crippen LogP contribution is 2.35. The van der Waals surface area contributed by atoms with Crippen LogP contribution in [0.15, 0.2) is 24.3 Å². The zero-order valence-electron chi connectivity index (χ0n) is 10.3. The van der Waals surface area contributed by atoms with Crippen molar-refractivity contribution in [2.45, 2.75) is 12.0 Å². The second-order valence-corrected chi connectivity index (χ2v) is 5.29. The summed E-state index contributed by atoms with van der Waals surface area (Å²) in [7, 11) is 1.36. The van der Waals surface area contributed by atoms with Gasteiger partial charge in [0.1, 0.15) is 11.8 Å². The van der Waals surface area contributed by atoms with Crippen molar-refractivity contribution in [3.05, 3.63) is 29.8 Å². The summed E-state index contributed by atoms with van der Waals surface area (Å²) >= 11 is 1.66. The first-order chi connectivity index (χ1) is 8.72. The van der Waals surface area contributed by atoms with Gasteiger partial charge in [-0.05, 0) is 6.07 Å². The number of esters is 1. The minimum absolute atomic E-state index is 0.356. The zero-order valence-corrected chi connectivity index (χ0v) is 11.1. The fourth-order valence-electron chi connectivity index (χ4n) is 1.92. The molecule has 1 aliphatic heterocycles. The van der Waals surface area contributed by atoms with Crippen LogP contribution in [-0.2, 0) is 9.53 Å². The molecule has 2 unspecified atom stereocenters. The lowest BCUT2D eigenvalue weighted by molar-refractivity contribution is -0.141. The molecule has 98 valence electrons. The second kappa shape index (κ2) is 6.11. The number of methoxy groups -OCH3 is 1. The fraction of sp³-hybridized carbons (Fsp3) is 0.462. The molecule has 1 aromatic carbocycles. The van der Waals surface area contributed by atoms with Crippen molar-refractivity contribution in [3.8, 4) is 5.75 Å². The summed E-state index contributed by atoms with van der Waals surface area (Å²) in [6.07, 6.45) is 0. The quantitative estimate of drug-likeness (QED) is 0.817. The van der Waals surface area contributed by atoms with Crippen LogP contribution < -0.4 is 10.5 Å². The molecule has 5 heteroatoms. The minimum atomic E-state index is -0.544. The number of carbonyl (C=O) groups is 1. The topological polar surface area (TPSA) is 61.5 Å². The van der Waals surface area contributed by atoms with Gasteiger partial charge in [0.05, 0.1) is 13.7 Å². The lowest BCUT2D eigenvalue weighted by Crippen LogP contribution is -2.34. The van der Waals surface area contributed by atoms with Gasteiger partial charge in [-0.1, -0.05) is 18.2 Å². The van der Waals surface area contributed by atoms with E-state index in [4.69, 9.17) is 10.5 Å². The third-order valence-electron chi connectivity index (χ3n) is 2.92. The maximum Gasteiger partial charge on any atom is 0.323 e. The Kier molecular flexibility index (Phi) is 4.49. The number of hydrogen-bond acceptors (Lipinski definition) is 5. The van der Waals surface area contributed by atoms with Crippen molar-refractivity contribution >= 4 is 17.7 Å². The Morgan fingerprint density at radius 1 is 1.61 bits per heavy atom. The molecular weight excluding hydrogens is 250 g/mol. The molecule has 0 fully saturated rings. The molecule has 0 bridgehead atoms. The number of ether oxygens (including phenoxy) is 2. The average Bonchev–Trinajstić information content (AvgIpc) is 2.81. The van der Waals surface area contributed by atoms with E-state index in [1.807, 2.05) is 18.2 Å². The maximum absolute atomic E-state index is 11.2. The Bertz CT molecular complexity index is 424. The summed E-state index contributed by atoms with van der Waals surface area (Å²) in [6.45, 7) is 0.708. The Labute approximate surface area is 111 Å². The van der Waals surface area contributed by atoms with Crippen LogP contribution >= 0.6 is 11.8 Å². The van der Waals surface area contributed by atoms with E-state index in [1.54, 1.807) is 11.8 Å². The summed E-state index contributed by atoms with van der Waals surface area (Å²) in [4.78, 5) is 11.2. The molecule has 0 amide bonds. The molecule has 1 aliphatic rings. The molecule has 0 radical (unpaired) electrons. The normalized spacial score (nSPS) is 18.9. The van der Waals surface area contributed by atoms with E-state index in [0.29, 0.717) is 18.3 Å². The first-order valence-corrected chi connectivity index (χ1v) is 7.00. The van der Waals surface area contributed by atoms with Crippen LogP contribution in [0.4, 0.5) is 0 Å². The Morgan fingerprint density at radius 2 is 2.39 bits per heavy atom. The van der Waals surface area contributed by atoms with Crippen molar-refractivity contribution < 1.29 is 14.3 Å². The second-order valence-electron chi connectivity index (χ2n) is 4.21. The number of thioether (sulfide) groups is 1. The van der Waals surface area contributed by atoms with E-state index >= 15 is 0 Å². The molecular formula is C13H17NO3S. The SMILES string of the molecule is COC(=O)C(N)CSCC1COc2ccccc21. The van der Waals surface area contributed by atoms with Gasteiger partial charge in [0, 0.05) is 23.0 Å². The van der Waals surface area contributed by atoms with Gasteiger partial charge in [-0.2, -0.15) is 11.8 Å². The van der Waals surface area contributed by atoms with E-state index < -0.39 is 6.04 Å². The van der Waals surface area contributed by atoms with E-state index in [-0.39, 0.29) is 5.97 Å². The van der Waals surface area contributed by atoms with Gasteiger partial charge in [0.2, 0.25) is 0 Å². The molecule has 1 heterocycles. The molecule has 4 nitrogen and oxygen atoms in total. The van der Waals surface area contributed by atoms with E-state index in [2.05, 4.69) is 10.8 Å². The summed E-state index contributed by atoms with van der Waals surface area (Å²) in [6, 6.07) is 7.53. The predicted octanol–water partition coefficient (Wildman–Crippen LogP) is 1.40. The van der Waals surface area contributed by atoms with Gasteiger partial charge in [-0.15, -0.1) is 0 Å². The van der Waals surface area contributed by atoms with Gasteiger partial charge in [-0.3, -0.25) is 4.79 Å². The number of para-hydroxylation sites is 1. The largest absolute Gasteiger partial charge is 0.493 e. The van der Waals surface area contributed by atoms with Crippen LogP contribution in [0, 0.1) is 0 Å². The maximum atomic E-state index is 11.2. The highest BCUT2D eigenvalue weighted by atomic mass is 32.2. The van der Waals surface area contributed by atoms with Gasteiger partial charge in [-0.25, -0.2) is 0 Å². The Hall–Kier alpha value is -1.20. The van der Waals surface area contributed by atoms with E-state index in [0.717, 1.165) is 11.5 Å². The van der Waals surface area contributed by atoms with Gasteiger partial charge in [0.25, 0.3) is 0 Å². The molecule has 18 heavy (non-hydrogen) atoms. The summed E-state index contributed by atoms with van der Waals surface area (Å²) in [5.41, 5.74) is 6.93. The van der Waals surface area contributed by atoms with Gasteiger partial charge >= 0.3 is 5.97 Å². The molecule has 0 saturated heterocycles. The summed E-state index contributed by atoms with van der Waals surface area (Å²) in [5.74, 6) is 2.48. The molecule has 2 atom stereocenters. The van der Waals surface area contributed by atoms with Crippen LogP contribution in [0.5, 0.6) is 5.75 Å². The smallest absolute Gasteiger partial charge is 0.323 e. The van der Waals surface area contributed by atoms with Crippen molar-refractivity contribution in [3.63, 3.8) is 0 Å². The number of rotatable bonds is 5. The van der Waals surface area contributed by atoms with Crippen molar-refractivity contribution in [1.29, 1.82) is 0 Å². The molecule has 1 aromatic rings. The van der Waals surface area contributed by atoms with Gasteiger partial charge < -0.3 is 15.2 Å². The number of hydrogen-bond donors (Lipinski definition) is 1. The lowest BCUT2D eigenvalue weighted by atomic mass is 10.0. The monoisotopic (exact) mass is 267 g/mol. The highest BCUT2D eigenvalue weighted by Gasteiger charge is 2.24. The predicted molar refractivity (Wildman–Crippen MR) is 72.0 cm³/mol. The fourth-order valence-corrected chi connectivity index (χ4v) is 3.01. The van der Waals surface area contributed by atoms with Crippen LogP contribution in [0.2, 0.25) is 0 Å². The van der Waals surface area contributed by atoms with Gasteiger partial charge in [0.15, 0.2) is 0 Å². The minimum Gasteiger partial charge on any atom is -0.493 e. The standard InChI is InChI=1S/C13H17NO3S/c1-16-13(15)11(14)8-18-7-9-6-17-12-5-3-2-4-10(9)12/h2-5,9,11H,6-8,14H2,1H3. The number of benzene rings is 1. The Morgan fingerprint density at radius 3 is 3.17 bits per heavy atom. The summed E-state index contributed by atoms with van der Waals surface area (Å²) in [5, 5.41) is 0. The van der Waals surface area contributed by atoms with E-state index in [1.165, 1.54) is 12.7 Å².